The normalized spacial score (nSPS) is 18.1. The quantitative estimate of drug-likeness (QED) is 0.861. The second-order valence-corrected chi connectivity index (χ2v) is 4.69. The Morgan fingerprint density at radius 3 is 2.70 bits per heavy atom. The van der Waals surface area contributed by atoms with Crippen LogP contribution in [0.2, 0.25) is 0 Å². The van der Waals surface area contributed by atoms with Crippen molar-refractivity contribution in [2.45, 2.75) is 13.0 Å². The Hall–Kier alpha value is -1.59. The summed E-state index contributed by atoms with van der Waals surface area (Å²) in [5, 5.41) is 5.89. The fourth-order valence-corrected chi connectivity index (χ4v) is 2.16. The average molecular weight is 298 g/mol. The lowest BCUT2D eigenvalue weighted by molar-refractivity contribution is -0.132. The molecule has 6 heteroatoms. The number of benzene rings is 1. The molecule has 2 amide bonds. The largest absolute Gasteiger partial charge is 0.343 e. The van der Waals surface area contributed by atoms with Crippen molar-refractivity contribution in [2.75, 3.05) is 26.2 Å². The molecule has 0 unspecified atom stereocenters. The predicted octanol–water partition coefficient (Wildman–Crippen LogP) is 0.659. The van der Waals surface area contributed by atoms with Crippen molar-refractivity contribution in [1.29, 1.82) is 0 Å². The first kappa shape index (κ1) is 16.5. The Labute approximate surface area is 125 Å². The number of rotatable bonds is 3. The van der Waals surface area contributed by atoms with E-state index >= 15 is 0 Å². The van der Waals surface area contributed by atoms with Crippen LogP contribution in [0.1, 0.15) is 17.3 Å². The molecule has 5 nitrogen and oxygen atoms in total. The summed E-state index contributed by atoms with van der Waals surface area (Å²) in [4.78, 5) is 25.7. The van der Waals surface area contributed by atoms with Gasteiger partial charge >= 0.3 is 0 Å². The molecule has 110 valence electrons. The first-order valence-electron chi connectivity index (χ1n) is 6.52. The van der Waals surface area contributed by atoms with Crippen LogP contribution in [0.3, 0.4) is 0 Å². The minimum Gasteiger partial charge on any atom is -0.343 e. The van der Waals surface area contributed by atoms with E-state index in [-0.39, 0.29) is 36.8 Å². The van der Waals surface area contributed by atoms with Crippen LogP contribution in [0.4, 0.5) is 0 Å². The van der Waals surface area contributed by atoms with Crippen LogP contribution in [0.5, 0.6) is 0 Å². The molecule has 20 heavy (non-hydrogen) atoms. The van der Waals surface area contributed by atoms with Gasteiger partial charge in [-0.2, -0.15) is 0 Å². The van der Waals surface area contributed by atoms with Crippen molar-refractivity contribution in [3.63, 3.8) is 0 Å². The Morgan fingerprint density at radius 1 is 1.35 bits per heavy atom. The molecule has 0 saturated carbocycles. The highest BCUT2D eigenvalue weighted by atomic mass is 35.5. The average Bonchev–Trinajstić information content (AvgIpc) is 2.46. The van der Waals surface area contributed by atoms with E-state index in [2.05, 4.69) is 10.6 Å². The monoisotopic (exact) mass is 297 g/mol. The third kappa shape index (κ3) is 4.21. The minimum absolute atomic E-state index is 0. The van der Waals surface area contributed by atoms with Gasteiger partial charge in [-0.1, -0.05) is 18.2 Å². The van der Waals surface area contributed by atoms with E-state index in [0.717, 1.165) is 13.1 Å². The van der Waals surface area contributed by atoms with Gasteiger partial charge in [0.2, 0.25) is 5.91 Å². The molecule has 2 N–H and O–H groups in total. The van der Waals surface area contributed by atoms with E-state index in [9.17, 15) is 9.59 Å². The number of halogens is 1. The zero-order valence-electron chi connectivity index (χ0n) is 11.5. The highest BCUT2D eigenvalue weighted by Crippen LogP contribution is 2.03. The van der Waals surface area contributed by atoms with Gasteiger partial charge < -0.3 is 15.5 Å². The van der Waals surface area contributed by atoms with Gasteiger partial charge in [-0.05, 0) is 19.1 Å². The highest BCUT2D eigenvalue weighted by Gasteiger charge is 2.22. The summed E-state index contributed by atoms with van der Waals surface area (Å²) in [6.07, 6.45) is 0. The van der Waals surface area contributed by atoms with Crippen molar-refractivity contribution < 1.29 is 9.59 Å². The third-order valence-electron chi connectivity index (χ3n) is 3.26. The number of hydrogen-bond donors (Lipinski definition) is 2. The molecule has 1 aliphatic heterocycles. The Bertz CT molecular complexity index is 453. The van der Waals surface area contributed by atoms with Crippen molar-refractivity contribution in [2.24, 2.45) is 0 Å². The molecule has 1 fully saturated rings. The first-order chi connectivity index (χ1) is 9.18. The molecular weight excluding hydrogens is 278 g/mol. The standard InChI is InChI=1S/C14H19N3O2.ClH/c1-11-9-15-7-8-17(11)13(18)10-16-14(19)12-5-3-2-4-6-12;/h2-6,11,15H,7-10H2,1H3,(H,16,19);1H/t11-;/m0./s1. The molecule has 0 spiro atoms. The number of carbonyl (C=O) groups is 2. The van der Waals surface area contributed by atoms with Crippen molar-refractivity contribution in [3.8, 4) is 0 Å². The lowest BCUT2D eigenvalue weighted by Gasteiger charge is -2.34. The molecule has 1 atom stereocenters. The van der Waals surface area contributed by atoms with Gasteiger partial charge in [-0.3, -0.25) is 9.59 Å². The second-order valence-electron chi connectivity index (χ2n) is 4.69. The molecule has 0 radical (unpaired) electrons. The molecule has 2 rings (SSSR count). The summed E-state index contributed by atoms with van der Waals surface area (Å²) in [5.74, 6) is -0.241. The summed E-state index contributed by atoms with van der Waals surface area (Å²) in [6, 6.07) is 9.09. The number of nitrogens with one attached hydrogen (secondary N) is 2. The maximum Gasteiger partial charge on any atom is 0.251 e. The topological polar surface area (TPSA) is 61.4 Å². The van der Waals surface area contributed by atoms with E-state index in [1.807, 2.05) is 17.9 Å². The molecule has 0 aromatic heterocycles. The van der Waals surface area contributed by atoms with Crippen LogP contribution in [0.15, 0.2) is 30.3 Å². The van der Waals surface area contributed by atoms with E-state index in [1.165, 1.54) is 0 Å². The molecule has 1 saturated heterocycles. The van der Waals surface area contributed by atoms with Crippen molar-refractivity contribution >= 4 is 24.2 Å². The lowest BCUT2D eigenvalue weighted by Crippen LogP contribution is -2.54. The van der Waals surface area contributed by atoms with Gasteiger partial charge in [-0.25, -0.2) is 0 Å². The van der Waals surface area contributed by atoms with Crippen LogP contribution in [0, 0.1) is 0 Å². The minimum atomic E-state index is -0.211. The number of piperazine rings is 1. The van der Waals surface area contributed by atoms with Gasteiger partial charge in [0.05, 0.1) is 6.54 Å². The van der Waals surface area contributed by atoms with Crippen molar-refractivity contribution in [1.82, 2.24) is 15.5 Å². The van der Waals surface area contributed by atoms with Gasteiger partial charge in [0, 0.05) is 31.2 Å². The predicted molar refractivity (Wildman–Crippen MR) is 80.1 cm³/mol. The summed E-state index contributed by atoms with van der Waals surface area (Å²) in [5.41, 5.74) is 0.573. The Morgan fingerprint density at radius 2 is 2.05 bits per heavy atom. The number of nitrogens with zero attached hydrogens (tertiary/aromatic N) is 1. The zero-order valence-corrected chi connectivity index (χ0v) is 12.3. The van der Waals surface area contributed by atoms with Crippen molar-refractivity contribution in [3.05, 3.63) is 35.9 Å². The highest BCUT2D eigenvalue weighted by molar-refractivity contribution is 5.96. The van der Waals surface area contributed by atoms with Crippen LogP contribution in [-0.4, -0.2) is 48.9 Å². The van der Waals surface area contributed by atoms with Gasteiger partial charge in [-0.15, -0.1) is 12.4 Å². The molecule has 0 aliphatic carbocycles. The van der Waals surface area contributed by atoms with E-state index in [1.54, 1.807) is 24.3 Å². The summed E-state index contributed by atoms with van der Waals surface area (Å²) < 4.78 is 0. The van der Waals surface area contributed by atoms with Crippen LogP contribution < -0.4 is 10.6 Å². The smallest absolute Gasteiger partial charge is 0.251 e. The van der Waals surface area contributed by atoms with Gasteiger partial charge in [0.15, 0.2) is 0 Å². The molecule has 1 aliphatic rings. The summed E-state index contributed by atoms with van der Waals surface area (Å²) in [7, 11) is 0. The fraction of sp³-hybridized carbons (Fsp3) is 0.429. The fourth-order valence-electron chi connectivity index (χ4n) is 2.16. The second kappa shape index (κ2) is 7.87. The summed E-state index contributed by atoms with van der Waals surface area (Å²) >= 11 is 0. The number of hydrogen-bond acceptors (Lipinski definition) is 3. The SMILES string of the molecule is C[C@H]1CNCCN1C(=O)CNC(=O)c1ccccc1.Cl. The summed E-state index contributed by atoms with van der Waals surface area (Å²) in [6.45, 7) is 4.36. The van der Waals surface area contributed by atoms with E-state index < -0.39 is 0 Å². The Kier molecular flexibility index (Phi) is 6.48. The number of amides is 2. The van der Waals surface area contributed by atoms with Gasteiger partial charge in [0.25, 0.3) is 5.91 Å². The van der Waals surface area contributed by atoms with E-state index in [0.29, 0.717) is 12.1 Å². The Balaban J connectivity index is 0.00000200. The molecular formula is C14H20ClN3O2. The molecule has 1 heterocycles. The van der Waals surface area contributed by atoms with Crippen LogP contribution in [0.25, 0.3) is 0 Å². The van der Waals surface area contributed by atoms with E-state index in [4.69, 9.17) is 0 Å². The molecule has 1 aromatic rings. The molecule has 1 aromatic carbocycles. The maximum atomic E-state index is 12.0. The lowest BCUT2D eigenvalue weighted by atomic mass is 10.2. The maximum absolute atomic E-state index is 12.0. The van der Waals surface area contributed by atoms with Crippen LogP contribution >= 0.6 is 12.4 Å². The third-order valence-corrected chi connectivity index (χ3v) is 3.26. The number of carbonyl (C=O) groups excluding carboxylic acids is 2. The van der Waals surface area contributed by atoms with Gasteiger partial charge in [0.1, 0.15) is 0 Å². The zero-order chi connectivity index (χ0) is 13.7. The molecule has 0 bridgehead atoms. The van der Waals surface area contributed by atoms with Crippen LogP contribution in [-0.2, 0) is 4.79 Å². The first-order valence-corrected chi connectivity index (χ1v) is 6.52.